The molecule has 0 radical (unpaired) electrons. The van der Waals surface area contributed by atoms with Gasteiger partial charge >= 0.3 is 0 Å². The minimum atomic E-state index is 0.368. The number of ether oxygens (including phenoxy) is 1. The molecule has 2 nitrogen and oxygen atoms in total. The molecule has 0 saturated heterocycles. The smallest absolute Gasteiger partial charge is 0.124 e. The van der Waals surface area contributed by atoms with E-state index in [4.69, 9.17) is 22.1 Å². The molecule has 0 unspecified atom stereocenters. The predicted octanol–water partition coefficient (Wildman–Crippen LogP) is 3.85. The van der Waals surface area contributed by atoms with Gasteiger partial charge in [0.1, 0.15) is 12.4 Å². The summed E-state index contributed by atoms with van der Waals surface area (Å²) in [6.07, 6.45) is 0.891. The predicted molar refractivity (Wildman–Crippen MR) is 85.4 cm³/mol. The SMILES string of the molecule is CCc1cc(OCc2sccc2C#CCN)ccc1Cl. The zero-order valence-electron chi connectivity index (χ0n) is 11.3. The molecule has 104 valence electrons. The van der Waals surface area contributed by atoms with Crippen molar-refractivity contribution in [2.24, 2.45) is 5.73 Å². The van der Waals surface area contributed by atoms with Gasteiger partial charge in [0.2, 0.25) is 0 Å². The second-order valence-corrected chi connectivity index (χ2v) is 5.57. The molecule has 1 aromatic heterocycles. The van der Waals surface area contributed by atoms with Crippen LogP contribution in [0.15, 0.2) is 29.6 Å². The van der Waals surface area contributed by atoms with Crippen molar-refractivity contribution < 1.29 is 4.74 Å². The monoisotopic (exact) mass is 305 g/mol. The van der Waals surface area contributed by atoms with E-state index < -0.39 is 0 Å². The van der Waals surface area contributed by atoms with E-state index in [1.165, 1.54) is 0 Å². The second kappa shape index (κ2) is 7.35. The molecule has 1 aromatic carbocycles. The molecule has 2 rings (SSSR count). The van der Waals surface area contributed by atoms with Crippen LogP contribution in [-0.4, -0.2) is 6.54 Å². The van der Waals surface area contributed by atoms with E-state index in [9.17, 15) is 0 Å². The standard InChI is InChI=1S/C16H16ClNOS/c1-2-12-10-14(5-6-15(12)17)19-11-16-13(4-3-8-18)7-9-20-16/h5-7,9-10H,2,8,11,18H2,1H3. The van der Waals surface area contributed by atoms with Gasteiger partial charge in [-0.15, -0.1) is 11.3 Å². The Balaban J connectivity index is 2.07. The number of aryl methyl sites for hydroxylation is 1. The number of benzene rings is 1. The maximum absolute atomic E-state index is 6.09. The van der Waals surface area contributed by atoms with Crippen molar-refractivity contribution in [2.45, 2.75) is 20.0 Å². The molecule has 0 spiro atoms. The van der Waals surface area contributed by atoms with E-state index in [0.717, 1.165) is 33.2 Å². The first-order valence-corrected chi connectivity index (χ1v) is 7.67. The van der Waals surface area contributed by atoms with E-state index in [1.54, 1.807) is 11.3 Å². The molecule has 0 atom stereocenters. The summed E-state index contributed by atoms with van der Waals surface area (Å²) in [6, 6.07) is 7.74. The minimum Gasteiger partial charge on any atom is -0.488 e. The molecule has 2 N–H and O–H groups in total. The Morgan fingerprint density at radius 2 is 2.20 bits per heavy atom. The Labute approximate surface area is 128 Å². The first kappa shape index (κ1) is 14.9. The fourth-order valence-corrected chi connectivity index (χ4v) is 2.76. The minimum absolute atomic E-state index is 0.368. The molecule has 0 bridgehead atoms. The summed E-state index contributed by atoms with van der Waals surface area (Å²) in [5.41, 5.74) is 7.48. The molecule has 0 aliphatic heterocycles. The number of rotatable bonds is 4. The maximum atomic E-state index is 6.09. The Bertz CT molecular complexity index is 639. The normalized spacial score (nSPS) is 9.95. The van der Waals surface area contributed by atoms with Gasteiger partial charge in [-0.3, -0.25) is 0 Å². The third-order valence-corrected chi connectivity index (χ3v) is 4.10. The Morgan fingerprint density at radius 1 is 1.35 bits per heavy atom. The van der Waals surface area contributed by atoms with Crippen LogP contribution in [0.5, 0.6) is 5.75 Å². The summed E-state index contributed by atoms with van der Waals surface area (Å²) in [6.45, 7) is 2.95. The number of hydrogen-bond acceptors (Lipinski definition) is 3. The molecule has 4 heteroatoms. The molecule has 0 amide bonds. The van der Waals surface area contributed by atoms with Gasteiger partial charge < -0.3 is 10.5 Å². The lowest BCUT2D eigenvalue weighted by Gasteiger charge is -2.08. The molecule has 0 aliphatic carbocycles. The van der Waals surface area contributed by atoms with Crippen molar-refractivity contribution in [3.63, 3.8) is 0 Å². The van der Waals surface area contributed by atoms with Crippen molar-refractivity contribution in [1.29, 1.82) is 0 Å². The van der Waals surface area contributed by atoms with Crippen LogP contribution < -0.4 is 10.5 Å². The van der Waals surface area contributed by atoms with Gasteiger partial charge in [0.25, 0.3) is 0 Å². The Hall–Kier alpha value is -1.47. The van der Waals surface area contributed by atoms with Gasteiger partial charge in [-0.2, -0.15) is 0 Å². The lowest BCUT2D eigenvalue weighted by molar-refractivity contribution is 0.309. The third kappa shape index (κ3) is 3.77. The average Bonchev–Trinajstić information content (AvgIpc) is 2.91. The zero-order chi connectivity index (χ0) is 14.4. The molecule has 20 heavy (non-hydrogen) atoms. The second-order valence-electron chi connectivity index (χ2n) is 4.16. The topological polar surface area (TPSA) is 35.2 Å². The summed E-state index contributed by atoms with van der Waals surface area (Å²) in [5.74, 6) is 6.75. The summed E-state index contributed by atoms with van der Waals surface area (Å²) in [5, 5.41) is 2.80. The highest BCUT2D eigenvalue weighted by Gasteiger charge is 2.05. The molecule has 0 fully saturated rings. The summed E-state index contributed by atoms with van der Waals surface area (Å²) < 4.78 is 5.82. The summed E-state index contributed by atoms with van der Waals surface area (Å²) in [7, 11) is 0. The van der Waals surface area contributed by atoms with E-state index in [0.29, 0.717) is 13.2 Å². The maximum Gasteiger partial charge on any atom is 0.124 e. The molecule has 1 heterocycles. The van der Waals surface area contributed by atoms with E-state index >= 15 is 0 Å². The van der Waals surface area contributed by atoms with Crippen molar-refractivity contribution in [2.75, 3.05) is 6.54 Å². The Kier molecular flexibility index (Phi) is 5.49. The van der Waals surface area contributed by atoms with Crippen molar-refractivity contribution in [3.05, 3.63) is 50.7 Å². The van der Waals surface area contributed by atoms with Gasteiger partial charge in [-0.25, -0.2) is 0 Å². The van der Waals surface area contributed by atoms with Crippen molar-refractivity contribution >= 4 is 22.9 Å². The highest BCUT2D eigenvalue weighted by atomic mass is 35.5. The van der Waals surface area contributed by atoms with E-state index in [1.807, 2.05) is 29.6 Å². The van der Waals surface area contributed by atoms with Crippen molar-refractivity contribution in [1.82, 2.24) is 0 Å². The van der Waals surface area contributed by atoms with Gasteiger partial charge in [-0.1, -0.05) is 30.4 Å². The number of nitrogens with two attached hydrogens (primary N) is 1. The van der Waals surface area contributed by atoms with Crippen LogP contribution >= 0.6 is 22.9 Å². The van der Waals surface area contributed by atoms with Gasteiger partial charge in [0.05, 0.1) is 11.4 Å². The van der Waals surface area contributed by atoms with Crippen LogP contribution in [-0.2, 0) is 13.0 Å². The lowest BCUT2D eigenvalue weighted by Crippen LogP contribution is -1.97. The molecule has 0 saturated carbocycles. The van der Waals surface area contributed by atoms with Crippen LogP contribution in [0.25, 0.3) is 0 Å². The fraction of sp³-hybridized carbons (Fsp3) is 0.250. The van der Waals surface area contributed by atoms with E-state index in [-0.39, 0.29) is 0 Å². The lowest BCUT2D eigenvalue weighted by atomic mass is 10.1. The zero-order valence-corrected chi connectivity index (χ0v) is 12.9. The molecule has 0 aliphatic rings. The largest absolute Gasteiger partial charge is 0.488 e. The number of halogens is 1. The van der Waals surface area contributed by atoms with Crippen molar-refractivity contribution in [3.8, 4) is 17.6 Å². The highest BCUT2D eigenvalue weighted by Crippen LogP contribution is 2.24. The van der Waals surface area contributed by atoms with Crippen LogP contribution in [0.4, 0.5) is 0 Å². The average molecular weight is 306 g/mol. The first-order chi connectivity index (χ1) is 9.74. The first-order valence-electron chi connectivity index (χ1n) is 6.41. The van der Waals surface area contributed by atoms with Crippen LogP contribution in [0.2, 0.25) is 5.02 Å². The number of thiophene rings is 1. The highest BCUT2D eigenvalue weighted by molar-refractivity contribution is 7.10. The van der Waals surface area contributed by atoms with Gasteiger partial charge in [-0.05, 0) is 41.6 Å². The van der Waals surface area contributed by atoms with Gasteiger partial charge in [0, 0.05) is 10.6 Å². The van der Waals surface area contributed by atoms with Crippen LogP contribution in [0.1, 0.15) is 22.9 Å². The molecular weight excluding hydrogens is 290 g/mol. The van der Waals surface area contributed by atoms with Crippen LogP contribution in [0.3, 0.4) is 0 Å². The quantitative estimate of drug-likeness (QED) is 0.871. The number of hydrogen-bond donors (Lipinski definition) is 1. The molecular formula is C16H16ClNOS. The molecule has 2 aromatic rings. The van der Waals surface area contributed by atoms with Gasteiger partial charge in [0.15, 0.2) is 0 Å². The Morgan fingerprint density at radius 3 is 2.95 bits per heavy atom. The summed E-state index contributed by atoms with van der Waals surface area (Å²) in [4.78, 5) is 1.11. The summed E-state index contributed by atoms with van der Waals surface area (Å²) >= 11 is 7.73. The third-order valence-electron chi connectivity index (χ3n) is 2.84. The fourth-order valence-electron chi connectivity index (χ4n) is 1.77. The van der Waals surface area contributed by atoms with E-state index in [2.05, 4.69) is 18.8 Å². The van der Waals surface area contributed by atoms with Crippen LogP contribution in [0, 0.1) is 11.8 Å².